The van der Waals surface area contributed by atoms with Crippen LogP contribution >= 0.6 is 23.8 Å². The van der Waals surface area contributed by atoms with Gasteiger partial charge in [0.15, 0.2) is 5.11 Å². The summed E-state index contributed by atoms with van der Waals surface area (Å²) in [5.74, 6) is 0.540. The van der Waals surface area contributed by atoms with Crippen LogP contribution in [0.1, 0.15) is 13.3 Å². The number of ether oxygens (including phenoxy) is 1. The lowest BCUT2D eigenvalue weighted by Crippen LogP contribution is -2.19. The second-order valence-electron chi connectivity index (χ2n) is 6.49. The zero-order valence-electron chi connectivity index (χ0n) is 16.2. The number of halogens is 1. The number of anilines is 3. The molecule has 8 heteroatoms. The van der Waals surface area contributed by atoms with Gasteiger partial charge in [0.2, 0.25) is 5.91 Å². The van der Waals surface area contributed by atoms with Gasteiger partial charge in [-0.25, -0.2) is 0 Å². The third kappa shape index (κ3) is 7.72. The third-order valence-electron chi connectivity index (χ3n) is 3.66. The Balaban J connectivity index is 1.86. The van der Waals surface area contributed by atoms with Gasteiger partial charge in [0, 0.05) is 30.5 Å². The molecule has 0 saturated heterocycles. The summed E-state index contributed by atoms with van der Waals surface area (Å²) in [5.41, 5.74) is 2.29. The first-order valence-corrected chi connectivity index (χ1v) is 9.65. The SMILES string of the molecule is CC(=O)Nc1ccc(NC(=S)Nc2ccc(OCCCN(C)C)c(Cl)c2)cc1. The Labute approximate surface area is 176 Å². The Hall–Kier alpha value is -2.35. The predicted molar refractivity (Wildman–Crippen MR) is 121 cm³/mol. The number of nitrogens with one attached hydrogen (secondary N) is 3. The van der Waals surface area contributed by atoms with E-state index in [1.807, 2.05) is 38.4 Å². The van der Waals surface area contributed by atoms with Crippen LogP contribution in [0.25, 0.3) is 0 Å². The molecule has 2 aromatic carbocycles. The van der Waals surface area contributed by atoms with Crippen LogP contribution in [0.3, 0.4) is 0 Å². The molecule has 0 saturated carbocycles. The molecule has 0 aromatic heterocycles. The number of hydrogen-bond acceptors (Lipinski definition) is 4. The fraction of sp³-hybridized carbons (Fsp3) is 0.300. The fourth-order valence-electron chi connectivity index (χ4n) is 2.39. The van der Waals surface area contributed by atoms with E-state index in [1.165, 1.54) is 6.92 Å². The van der Waals surface area contributed by atoms with Crippen LogP contribution in [-0.2, 0) is 4.79 Å². The van der Waals surface area contributed by atoms with E-state index in [0.29, 0.717) is 22.5 Å². The van der Waals surface area contributed by atoms with Crippen molar-refractivity contribution in [2.75, 3.05) is 43.2 Å². The maximum Gasteiger partial charge on any atom is 0.221 e. The average molecular weight is 421 g/mol. The van der Waals surface area contributed by atoms with Crippen molar-refractivity contribution >= 4 is 51.9 Å². The summed E-state index contributed by atoms with van der Waals surface area (Å²) in [7, 11) is 4.06. The third-order valence-corrected chi connectivity index (χ3v) is 4.16. The zero-order valence-corrected chi connectivity index (χ0v) is 17.8. The van der Waals surface area contributed by atoms with E-state index in [9.17, 15) is 4.79 Å². The number of thiocarbonyl (C=S) groups is 1. The highest BCUT2D eigenvalue weighted by atomic mass is 35.5. The molecule has 3 N–H and O–H groups in total. The molecule has 28 heavy (non-hydrogen) atoms. The lowest BCUT2D eigenvalue weighted by Gasteiger charge is -2.14. The van der Waals surface area contributed by atoms with Gasteiger partial charge < -0.3 is 25.6 Å². The van der Waals surface area contributed by atoms with E-state index in [0.717, 1.165) is 30.0 Å². The van der Waals surface area contributed by atoms with Crippen LogP contribution in [0.4, 0.5) is 17.1 Å². The summed E-state index contributed by atoms with van der Waals surface area (Å²) >= 11 is 11.6. The molecule has 0 fully saturated rings. The summed E-state index contributed by atoms with van der Waals surface area (Å²) in [6, 6.07) is 12.7. The van der Waals surface area contributed by atoms with Crippen molar-refractivity contribution in [1.29, 1.82) is 0 Å². The molecule has 0 spiro atoms. The van der Waals surface area contributed by atoms with Gasteiger partial charge in [-0.1, -0.05) is 11.6 Å². The molecule has 0 heterocycles. The minimum absolute atomic E-state index is 0.111. The number of rotatable bonds is 8. The number of hydrogen-bond donors (Lipinski definition) is 3. The van der Waals surface area contributed by atoms with Crippen molar-refractivity contribution in [2.45, 2.75) is 13.3 Å². The largest absolute Gasteiger partial charge is 0.492 e. The minimum atomic E-state index is -0.111. The van der Waals surface area contributed by atoms with Crippen LogP contribution in [0.15, 0.2) is 42.5 Å². The molecule has 0 aliphatic carbocycles. The fourth-order valence-corrected chi connectivity index (χ4v) is 2.86. The standard InChI is InChI=1S/C20H25ClN4O2S/c1-14(26)22-15-5-7-16(8-6-15)23-20(28)24-17-9-10-19(18(21)13-17)27-12-4-11-25(2)3/h5-10,13H,4,11-12H2,1-3H3,(H,22,26)(H2,23,24,28). The monoisotopic (exact) mass is 420 g/mol. The summed E-state index contributed by atoms with van der Waals surface area (Å²) in [6.45, 7) is 3.04. The van der Waals surface area contributed by atoms with Crippen molar-refractivity contribution in [1.82, 2.24) is 4.90 Å². The number of amides is 1. The first-order chi connectivity index (χ1) is 13.3. The van der Waals surface area contributed by atoms with Crippen molar-refractivity contribution in [2.24, 2.45) is 0 Å². The second kappa shape index (κ2) is 10.8. The highest BCUT2D eigenvalue weighted by molar-refractivity contribution is 7.80. The molecule has 150 valence electrons. The van der Waals surface area contributed by atoms with E-state index < -0.39 is 0 Å². The van der Waals surface area contributed by atoms with Gasteiger partial charge in [-0.15, -0.1) is 0 Å². The molecular weight excluding hydrogens is 396 g/mol. The summed E-state index contributed by atoms with van der Waals surface area (Å²) in [5, 5.41) is 9.85. The first kappa shape index (κ1) is 21.9. The second-order valence-corrected chi connectivity index (χ2v) is 7.30. The topological polar surface area (TPSA) is 65.6 Å². The molecule has 0 bridgehead atoms. The number of nitrogens with zero attached hydrogens (tertiary/aromatic N) is 1. The van der Waals surface area contributed by atoms with Gasteiger partial charge in [-0.05, 0) is 75.2 Å². The number of carbonyl (C=O) groups is 1. The normalized spacial score (nSPS) is 10.5. The van der Waals surface area contributed by atoms with E-state index in [-0.39, 0.29) is 5.91 Å². The molecule has 2 aromatic rings. The Morgan fingerprint density at radius 3 is 2.18 bits per heavy atom. The number of carbonyl (C=O) groups excluding carboxylic acids is 1. The Bertz CT molecular complexity index is 812. The van der Waals surface area contributed by atoms with Crippen molar-refractivity contribution < 1.29 is 9.53 Å². The molecule has 0 unspecified atom stereocenters. The van der Waals surface area contributed by atoms with E-state index in [2.05, 4.69) is 20.9 Å². The van der Waals surface area contributed by atoms with E-state index >= 15 is 0 Å². The van der Waals surface area contributed by atoms with Crippen LogP contribution in [0.5, 0.6) is 5.75 Å². The van der Waals surface area contributed by atoms with Gasteiger partial charge in [0.05, 0.1) is 11.6 Å². The minimum Gasteiger partial charge on any atom is -0.492 e. The first-order valence-electron chi connectivity index (χ1n) is 8.86. The van der Waals surface area contributed by atoms with Crippen LogP contribution in [-0.4, -0.2) is 43.2 Å². The smallest absolute Gasteiger partial charge is 0.221 e. The summed E-state index contributed by atoms with van der Waals surface area (Å²) in [4.78, 5) is 13.2. The van der Waals surface area contributed by atoms with Crippen LogP contribution in [0, 0.1) is 0 Å². The van der Waals surface area contributed by atoms with Gasteiger partial charge in [-0.2, -0.15) is 0 Å². The molecule has 0 radical (unpaired) electrons. The average Bonchev–Trinajstić information content (AvgIpc) is 2.61. The molecule has 6 nitrogen and oxygen atoms in total. The highest BCUT2D eigenvalue weighted by Gasteiger charge is 2.06. The molecule has 1 amide bonds. The van der Waals surface area contributed by atoms with E-state index in [1.54, 1.807) is 18.2 Å². The van der Waals surface area contributed by atoms with Crippen molar-refractivity contribution in [3.8, 4) is 5.75 Å². The maximum absolute atomic E-state index is 11.1. The Morgan fingerprint density at radius 2 is 1.61 bits per heavy atom. The Morgan fingerprint density at radius 1 is 1.04 bits per heavy atom. The zero-order chi connectivity index (χ0) is 20.5. The van der Waals surface area contributed by atoms with Crippen LogP contribution < -0.4 is 20.7 Å². The predicted octanol–water partition coefficient (Wildman–Crippen LogP) is 4.44. The lowest BCUT2D eigenvalue weighted by atomic mass is 10.2. The molecule has 0 aliphatic heterocycles. The summed E-state index contributed by atoms with van der Waals surface area (Å²) < 4.78 is 5.72. The van der Waals surface area contributed by atoms with Gasteiger partial charge in [0.1, 0.15) is 5.75 Å². The quantitative estimate of drug-likeness (QED) is 0.433. The van der Waals surface area contributed by atoms with Crippen LogP contribution in [0.2, 0.25) is 5.02 Å². The van der Waals surface area contributed by atoms with Gasteiger partial charge in [0.25, 0.3) is 0 Å². The lowest BCUT2D eigenvalue weighted by molar-refractivity contribution is -0.114. The van der Waals surface area contributed by atoms with Gasteiger partial charge in [-0.3, -0.25) is 4.79 Å². The molecule has 0 atom stereocenters. The van der Waals surface area contributed by atoms with Gasteiger partial charge >= 0.3 is 0 Å². The van der Waals surface area contributed by atoms with E-state index in [4.69, 9.17) is 28.6 Å². The number of benzene rings is 2. The van der Waals surface area contributed by atoms with Crippen molar-refractivity contribution in [3.05, 3.63) is 47.5 Å². The Kier molecular flexibility index (Phi) is 8.50. The summed E-state index contributed by atoms with van der Waals surface area (Å²) in [6.07, 6.45) is 0.929. The van der Waals surface area contributed by atoms with Crippen molar-refractivity contribution in [3.63, 3.8) is 0 Å². The molecule has 0 aliphatic rings. The maximum atomic E-state index is 11.1. The molecule has 2 rings (SSSR count). The molecular formula is C20H25ClN4O2S. The highest BCUT2D eigenvalue weighted by Crippen LogP contribution is 2.28.